The first kappa shape index (κ1) is 11.5. The van der Waals surface area contributed by atoms with Crippen LogP contribution < -0.4 is 5.73 Å². The summed E-state index contributed by atoms with van der Waals surface area (Å²) in [7, 11) is 0. The van der Waals surface area contributed by atoms with Gasteiger partial charge in [0, 0.05) is 6.04 Å². The van der Waals surface area contributed by atoms with Gasteiger partial charge in [-0.1, -0.05) is 24.4 Å². The van der Waals surface area contributed by atoms with Gasteiger partial charge in [0.1, 0.15) is 6.26 Å². The van der Waals surface area contributed by atoms with Crippen molar-refractivity contribution in [2.75, 3.05) is 0 Å². The minimum absolute atomic E-state index is 0.130. The van der Waals surface area contributed by atoms with Crippen molar-refractivity contribution < 1.29 is 8.94 Å². The van der Waals surface area contributed by atoms with Crippen LogP contribution in [0.15, 0.2) is 27.5 Å². The summed E-state index contributed by atoms with van der Waals surface area (Å²) in [5.74, 6) is 1.44. The maximum Gasteiger partial charge on any atom is 0.231 e. The molecule has 2 aromatic heterocycles. The van der Waals surface area contributed by atoms with E-state index in [2.05, 4.69) is 10.1 Å². The lowest BCUT2D eigenvalue weighted by atomic mass is 9.95. The molecule has 0 saturated heterocycles. The van der Waals surface area contributed by atoms with E-state index in [-0.39, 0.29) is 12.0 Å². The molecule has 18 heavy (non-hydrogen) atoms. The first-order chi connectivity index (χ1) is 8.84. The number of nitrogens with two attached hydrogens (primary N) is 1. The minimum atomic E-state index is 0.130. The van der Waals surface area contributed by atoms with Gasteiger partial charge in [-0.3, -0.25) is 0 Å². The van der Waals surface area contributed by atoms with Crippen LogP contribution in [0.5, 0.6) is 0 Å². The van der Waals surface area contributed by atoms with E-state index in [1.807, 2.05) is 6.07 Å². The summed E-state index contributed by atoms with van der Waals surface area (Å²) >= 11 is 0. The molecular formula is C13H17N3O2. The average Bonchev–Trinajstić information content (AvgIpc) is 3.00. The highest BCUT2D eigenvalue weighted by molar-refractivity contribution is 5.51. The molecule has 2 atom stereocenters. The monoisotopic (exact) mass is 247 g/mol. The topological polar surface area (TPSA) is 78.1 Å². The molecule has 2 N–H and O–H groups in total. The molecule has 1 aliphatic carbocycles. The molecule has 96 valence electrons. The number of hydrogen-bond acceptors (Lipinski definition) is 5. The normalized spacial score (nSPS) is 24.9. The number of aromatic nitrogens is 2. The summed E-state index contributed by atoms with van der Waals surface area (Å²) in [6, 6.07) is 1.95. The molecule has 0 bridgehead atoms. The number of furan rings is 1. The Bertz CT molecular complexity index is 492. The fourth-order valence-corrected chi connectivity index (χ4v) is 2.54. The fourth-order valence-electron chi connectivity index (χ4n) is 2.54. The average molecular weight is 247 g/mol. The van der Waals surface area contributed by atoms with Crippen molar-refractivity contribution in [2.45, 2.75) is 44.1 Å². The van der Waals surface area contributed by atoms with Crippen molar-refractivity contribution in [3.05, 3.63) is 24.5 Å². The van der Waals surface area contributed by atoms with Gasteiger partial charge < -0.3 is 14.7 Å². The lowest BCUT2D eigenvalue weighted by Crippen LogP contribution is -2.27. The van der Waals surface area contributed by atoms with Gasteiger partial charge in [-0.2, -0.15) is 4.98 Å². The largest absolute Gasteiger partial charge is 0.472 e. The Morgan fingerprint density at radius 2 is 2.11 bits per heavy atom. The zero-order valence-electron chi connectivity index (χ0n) is 10.2. The Morgan fingerprint density at radius 1 is 1.22 bits per heavy atom. The molecule has 3 rings (SSSR count). The van der Waals surface area contributed by atoms with Gasteiger partial charge in [-0.05, 0) is 18.9 Å². The second-order valence-corrected chi connectivity index (χ2v) is 4.88. The highest BCUT2D eigenvalue weighted by Gasteiger charge is 2.27. The third kappa shape index (κ3) is 2.18. The summed E-state index contributed by atoms with van der Waals surface area (Å²) in [4.78, 5) is 4.45. The highest BCUT2D eigenvalue weighted by Crippen LogP contribution is 2.31. The van der Waals surface area contributed by atoms with E-state index >= 15 is 0 Å². The van der Waals surface area contributed by atoms with Crippen molar-refractivity contribution in [2.24, 2.45) is 5.73 Å². The molecule has 5 heteroatoms. The summed E-state index contributed by atoms with van der Waals surface area (Å²) < 4.78 is 10.4. The first-order valence-electron chi connectivity index (χ1n) is 6.46. The van der Waals surface area contributed by atoms with Crippen molar-refractivity contribution in [1.82, 2.24) is 10.1 Å². The molecule has 5 nitrogen and oxygen atoms in total. The Kier molecular flexibility index (Phi) is 3.15. The predicted molar refractivity (Wildman–Crippen MR) is 65.8 cm³/mol. The molecule has 2 unspecified atom stereocenters. The molecule has 2 aromatic rings. The van der Waals surface area contributed by atoms with E-state index in [9.17, 15) is 0 Å². The Labute approximate surface area is 105 Å². The second-order valence-electron chi connectivity index (χ2n) is 4.88. The molecular weight excluding hydrogens is 230 g/mol. The SMILES string of the molecule is NC1CCCCCC1c1nc(-c2ccoc2)no1. The van der Waals surface area contributed by atoms with Crippen molar-refractivity contribution >= 4 is 0 Å². The Hall–Kier alpha value is -1.62. The first-order valence-corrected chi connectivity index (χ1v) is 6.46. The summed E-state index contributed by atoms with van der Waals surface area (Å²) in [5, 5.41) is 4.00. The van der Waals surface area contributed by atoms with Crippen molar-refractivity contribution in [3.8, 4) is 11.4 Å². The molecule has 2 heterocycles. The van der Waals surface area contributed by atoms with E-state index in [0.717, 1.165) is 18.4 Å². The zero-order valence-corrected chi connectivity index (χ0v) is 10.2. The Morgan fingerprint density at radius 3 is 2.94 bits per heavy atom. The van der Waals surface area contributed by atoms with Crippen molar-refractivity contribution in [3.63, 3.8) is 0 Å². The molecule has 0 spiro atoms. The number of hydrogen-bond donors (Lipinski definition) is 1. The van der Waals surface area contributed by atoms with Crippen LogP contribution in [0.1, 0.15) is 43.9 Å². The third-order valence-electron chi connectivity index (χ3n) is 3.61. The quantitative estimate of drug-likeness (QED) is 0.825. The van der Waals surface area contributed by atoms with Gasteiger partial charge in [-0.15, -0.1) is 0 Å². The van der Waals surface area contributed by atoms with E-state index in [1.165, 1.54) is 19.3 Å². The summed E-state index contributed by atoms with van der Waals surface area (Å²) in [6.07, 6.45) is 8.90. The zero-order chi connectivity index (χ0) is 12.4. The van der Waals surface area contributed by atoms with Crippen LogP contribution in [-0.4, -0.2) is 16.2 Å². The minimum Gasteiger partial charge on any atom is -0.472 e. The fraction of sp³-hybridized carbons (Fsp3) is 0.538. The molecule has 0 aromatic carbocycles. The molecule has 1 aliphatic rings. The molecule has 0 aliphatic heterocycles. The van der Waals surface area contributed by atoms with E-state index in [4.69, 9.17) is 14.7 Å². The van der Waals surface area contributed by atoms with Crippen LogP contribution in [0, 0.1) is 0 Å². The van der Waals surface area contributed by atoms with Gasteiger partial charge >= 0.3 is 0 Å². The van der Waals surface area contributed by atoms with Gasteiger partial charge in [-0.25, -0.2) is 0 Å². The maximum atomic E-state index is 6.19. The lowest BCUT2D eigenvalue weighted by molar-refractivity contribution is 0.326. The summed E-state index contributed by atoms with van der Waals surface area (Å²) in [6.45, 7) is 0. The molecule has 0 amide bonds. The highest BCUT2D eigenvalue weighted by atomic mass is 16.5. The maximum absolute atomic E-state index is 6.19. The van der Waals surface area contributed by atoms with Crippen molar-refractivity contribution in [1.29, 1.82) is 0 Å². The number of rotatable bonds is 2. The smallest absolute Gasteiger partial charge is 0.231 e. The van der Waals surface area contributed by atoms with E-state index in [1.54, 1.807) is 12.5 Å². The van der Waals surface area contributed by atoms with E-state index in [0.29, 0.717) is 11.7 Å². The lowest BCUT2D eigenvalue weighted by Gasteiger charge is -2.16. The van der Waals surface area contributed by atoms with Crippen LogP contribution in [-0.2, 0) is 0 Å². The molecule has 1 fully saturated rings. The molecule has 0 radical (unpaired) electrons. The predicted octanol–water partition coefficient (Wildman–Crippen LogP) is 2.70. The van der Waals surface area contributed by atoms with Crippen LogP contribution >= 0.6 is 0 Å². The number of nitrogens with zero attached hydrogens (tertiary/aromatic N) is 2. The standard InChI is InChI=1S/C13H17N3O2/c14-11-5-3-1-2-4-10(11)13-15-12(16-18-13)9-6-7-17-8-9/h6-8,10-11H,1-5,14H2. The second kappa shape index (κ2) is 4.94. The van der Waals surface area contributed by atoms with Gasteiger partial charge in [0.05, 0.1) is 17.7 Å². The summed E-state index contributed by atoms with van der Waals surface area (Å²) in [5.41, 5.74) is 7.03. The van der Waals surface area contributed by atoms with Crippen LogP contribution in [0.25, 0.3) is 11.4 Å². The van der Waals surface area contributed by atoms with Crippen LogP contribution in [0.3, 0.4) is 0 Å². The van der Waals surface area contributed by atoms with Crippen LogP contribution in [0.2, 0.25) is 0 Å². The Balaban J connectivity index is 1.83. The molecule has 1 saturated carbocycles. The van der Waals surface area contributed by atoms with Gasteiger partial charge in [0.15, 0.2) is 0 Å². The van der Waals surface area contributed by atoms with E-state index < -0.39 is 0 Å². The third-order valence-corrected chi connectivity index (χ3v) is 3.61. The van der Waals surface area contributed by atoms with Gasteiger partial charge in [0.2, 0.25) is 11.7 Å². The van der Waals surface area contributed by atoms with Gasteiger partial charge in [0.25, 0.3) is 0 Å². The van der Waals surface area contributed by atoms with Crippen LogP contribution in [0.4, 0.5) is 0 Å².